The third kappa shape index (κ3) is 3.09. The third-order valence-corrected chi connectivity index (χ3v) is 4.54. The molecule has 2 N–H and O–H groups in total. The van der Waals surface area contributed by atoms with Crippen molar-refractivity contribution in [2.24, 2.45) is 0 Å². The first-order chi connectivity index (χ1) is 10.6. The first-order valence-corrected chi connectivity index (χ1v) is 7.90. The highest BCUT2D eigenvalue weighted by atomic mass is 32.1. The number of aryl methyl sites for hydroxylation is 2. The van der Waals surface area contributed by atoms with Crippen LogP contribution in [0.2, 0.25) is 0 Å². The zero-order valence-corrected chi connectivity index (χ0v) is 13.3. The van der Waals surface area contributed by atoms with Crippen LogP contribution < -0.4 is 10.6 Å². The maximum atomic E-state index is 12.0. The number of amides is 2. The lowest BCUT2D eigenvalue weighted by Gasteiger charge is -2.05. The summed E-state index contributed by atoms with van der Waals surface area (Å²) in [5.41, 5.74) is 4.39. The fourth-order valence-corrected chi connectivity index (χ4v) is 3.12. The Labute approximate surface area is 133 Å². The van der Waals surface area contributed by atoms with Crippen LogP contribution >= 0.6 is 11.3 Å². The predicted octanol–water partition coefficient (Wildman–Crippen LogP) is 4.23. The number of benzene rings is 2. The second kappa shape index (κ2) is 6.15. The summed E-state index contributed by atoms with van der Waals surface area (Å²) in [5.74, 6) is 0. The molecule has 0 aliphatic heterocycles. The van der Waals surface area contributed by atoms with Crippen molar-refractivity contribution >= 4 is 32.7 Å². The molecule has 3 aromatic rings. The largest absolute Gasteiger partial charge is 0.334 e. The number of anilines is 1. The summed E-state index contributed by atoms with van der Waals surface area (Å²) in [4.78, 5) is 16.5. The lowest BCUT2D eigenvalue weighted by molar-refractivity contribution is 0.251. The maximum absolute atomic E-state index is 12.0. The van der Waals surface area contributed by atoms with E-state index in [1.807, 2.05) is 36.4 Å². The molecule has 0 aliphatic carbocycles. The molecule has 1 heterocycles. The van der Waals surface area contributed by atoms with Crippen LogP contribution in [-0.4, -0.2) is 11.0 Å². The number of carbonyl (C=O) groups excluding carboxylic acids is 1. The second-order valence-corrected chi connectivity index (χ2v) is 6.20. The van der Waals surface area contributed by atoms with Crippen molar-refractivity contribution in [3.05, 3.63) is 59.2 Å². The van der Waals surface area contributed by atoms with E-state index >= 15 is 0 Å². The predicted molar refractivity (Wildman–Crippen MR) is 91.4 cm³/mol. The topological polar surface area (TPSA) is 54.0 Å². The van der Waals surface area contributed by atoms with E-state index < -0.39 is 0 Å². The monoisotopic (exact) mass is 311 g/mol. The van der Waals surface area contributed by atoms with Gasteiger partial charge >= 0.3 is 6.03 Å². The highest BCUT2D eigenvalue weighted by Crippen LogP contribution is 2.29. The van der Waals surface area contributed by atoms with Crippen LogP contribution in [0.4, 0.5) is 9.93 Å². The Balaban J connectivity index is 1.68. The van der Waals surface area contributed by atoms with E-state index in [1.165, 1.54) is 16.9 Å². The molecule has 0 fully saturated rings. The average molecular weight is 311 g/mol. The number of hydrogen-bond acceptors (Lipinski definition) is 3. The molecular formula is C17H17N3OS. The van der Waals surface area contributed by atoms with E-state index in [0.717, 1.165) is 21.3 Å². The van der Waals surface area contributed by atoms with Crippen LogP contribution in [0.25, 0.3) is 10.2 Å². The summed E-state index contributed by atoms with van der Waals surface area (Å²) in [6.45, 7) is 4.61. The Morgan fingerprint density at radius 2 is 1.91 bits per heavy atom. The molecular weight excluding hydrogens is 294 g/mol. The fourth-order valence-electron chi connectivity index (χ4n) is 2.20. The number of aromatic nitrogens is 1. The van der Waals surface area contributed by atoms with Crippen LogP contribution in [0.3, 0.4) is 0 Å². The zero-order chi connectivity index (χ0) is 15.5. The van der Waals surface area contributed by atoms with Gasteiger partial charge in [0.1, 0.15) is 0 Å². The van der Waals surface area contributed by atoms with Crippen LogP contribution in [0, 0.1) is 13.8 Å². The Morgan fingerprint density at radius 1 is 1.14 bits per heavy atom. The van der Waals surface area contributed by atoms with Gasteiger partial charge in [0.25, 0.3) is 0 Å². The van der Waals surface area contributed by atoms with Gasteiger partial charge in [0, 0.05) is 6.54 Å². The van der Waals surface area contributed by atoms with Crippen molar-refractivity contribution < 1.29 is 4.79 Å². The molecule has 5 heteroatoms. The van der Waals surface area contributed by atoms with E-state index in [2.05, 4.69) is 35.5 Å². The maximum Gasteiger partial charge on any atom is 0.321 e. The van der Waals surface area contributed by atoms with Gasteiger partial charge in [-0.2, -0.15) is 0 Å². The average Bonchev–Trinajstić information content (AvgIpc) is 2.93. The van der Waals surface area contributed by atoms with Crippen LogP contribution in [0.1, 0.15) is 16.7 Å². The van der Waals surface area contributed by atoms with Crippen LogP contribution in [0.5, 0.6) is 0 Å². The number of nitrogens with zero attached hydrogens (tertiary/aromatic N) is 1. The lowest BCUT2D eigenvalue weighted by Crippen LogP contribution is -2.28. The summed E-state index contributed by atoms with van der Waals surface area (Å²) < 4.78 is 1.08. The van der Waals surface area contributed by atoms with Gasteiger partial charge in [0.15, 0.2) is 5.13 Å². The first-order valence-electron chi connectivity index (χ1n) is 7.09. The molecule has 0 spiro atoms. The molecule has 0 saturated heterocycles. The molecule has 2 amide bonds. The van der Waals surface area contributed by atoms with Crippen molar-refractivity contribution in [1.29, 1.82) is 0 Å². The molecule has 4 nitrogen and oxygen atoms in total. The zero-order valence-electron chi connectivity index (χ0n) is 12.5. The standard InChI is InChI=1S/C17H17N3OS/c1-11-8-9-14-15(12(11)2)19-17(22-14)20-16(21)18-10-13-6-4-3-5-7-13/h3-9H,10H2,1-2H3,(H2,18,19,20,21). The van der Waals surface area contributed by atoms with E-state index in [4.69, 9.17) is 0 Å². The Bertz CT molecular complexity index is 811. The second-order valence-electron chi connectivity index (χ2n) is 5.17. The molecule has 2 aromatic carbocycles. The van der Waals surface area contributed by atoms with Gasteiger partial charge < -0.3 is 5.32 Å². The Morgan fingerprint density at radius 3 is 2.68 bits per heavy atom. The van der Waals surface area contributed by atoms with Gasteiger partial charge in [-0.05, 0) is 36.6 Å². The molecule has 0 saturated carbocycles. The number of urea groups is 1. The van der Waals surface area contributed by atoms with Crippen LogP contribution in [0.15, 0.2) is 42.5 Å². The molecule has 112 valence electrons. The van der Waals surface area contributed by atoms with Crippen molar-refractivity contribution in [1.82, 2.24) is 10.3 Å². The van der Waals surface area contributed by atoms with Crippen molar-refractivity contribution in [2.75, 3.05) is 5.32 Å². The first kappa shape index (κ1) is 14.5. The molecule has 0 atom stereocenters. The summed E-state index contributed by atoms with van der Waals surface area (Å²) in [6, 6.07) is 13.7. The molecule has 0 bridgehead atoms. The van der Waals surface area contributed by atoms with E-state index in [-0.39, 0.29) is 6.03 Å². The highest BCUT2D eigenvalue weighted by Gasteiger charge is 2.10. The number of rotatable bonds is 3. The summed E-state index contributed by atoms with van der Waals surface area (Å²) >= 11 is 1.49. The van der Waals surface area contributed by atoms with Gasteiger partial charge in [-0.3, -0.25) is 5.32 Å². The number of fused-ring (bicyclic) bond motifs is 1. The lowest BCUT2D eigenvalue weighted by atomic mass is 10.1. The number of nitrogens with one attached hydrogen (secondary N) is 2. The van der Waals surface area contributed by atoms with Gasteiger partial charge in [0.2, 0.25) is 0 Å². The van der Waals surface area contributed by atoms with Gasteiger partial charge in [-0.15, -0.1) is 0 Å². The van der Waals surface area contributed by atoms with Crippen LogP contribution in [-0.2, 0) is 6.54 Å². The quantitative estimate of drug-likeness (QED) is 0.760. The van der Waals surface area contributed by atoms with E-state index in [1.54, 1.807) is 0 Å². The Hall–Kier alpha value is -2.40. The number of hydrogen-bond donors (Lipinski definition) is 2. The molecule has 0 unspecified atom stereocenters. The minimum atomic E-state index is -0.239. The SMILES string of the molecule is Cc1ccc2sc(NC(=O)NCc3ccccc3)nc2c1C. The molecule has 22 heavy (non-hydrogen) atoms. The summed E-state index contributed by atoms with van der Waals surface area (Å²) in [6.07, 6.45) is 0. The third-order valence-electron chi connectivity index (χ3n) is 3.60. The minimum absolute atomic E-state index is 0.239. The number of thiazole rings is 1. The van der Waals surface area contributed by atoms with Gasteiger partial charge in [0.05, 0.1) is 10.2 Å². The van der Waals surface area contributed by atoms with Gasteiger partial charge in [-0.25, -0.2) is 9.78 Å². The number of carbonyl (C=O) groups is 1. The smallest absolute Gasteiger partial charge is 0.321 e. The normalized spacial score (nSPS) is 10.6. The summed E-state index contributed by atoms with van der Waals surface area (Å²) in [7, 11) is 0. The molecule has 0 radical (unpaired) electrons. The minimum Gasteiger partial charge on any atom is -0.334 e. The van der Waals surface area contributed by atoms with E-state index in [9.17, 15) is 4.79 Å². The van der Waals surface area contributed by atoms with Gasteiger partial charge in [-0.1, -0.05) is 47.7 Å². The molecule has 1 aromatic heterocycles. The fraction of sp³-hybridized carbons (Fsp3) is 0.176. The van der Waals surface area contributed by atoms with Crippen molar-refractivity contribution in [3.63, 3.8) is 0 Å². The van der Waals surface area contributed by atoms with E-state index in [0.29, 0.717) is 11.7 Å². The summed E-state index contributed by atoms with van der Waals surface area (Å²) in [5, 5.41) is 6.26. The Kier molecular flexibility index (Phi) is 4.06. The molecule has 0 aliphatic rings. The van der Waals surface area contributed by atoms with Crippen molar-refractivity contribution in [3.8, 4) is 0 Å². The molecule has 3 rings (SSSR count). The van der Waals surface area contributed by atoms with Crippen molar-refractivity contribution in [2.45, 2.75) is 20.4 Å². The highest BCUT2D eigenvalue weighted by molar-refractivity contribution is 7.22.